The summed E-state index contributed by atoms with van der Waals surface area (Å²) in [7, 11) is 0. The van der Waals surface area contributed by atoms with E-state index >= 15 is 0 Å². The Morgan fingerprint density at radius 2 is 1.88 bits per heavy atom. The maximum absolute atomic E-state index is 13.1. The number of rotatable bonds is 8. The van der Waals surface area contributed by atoms with Gasteiger partial charge in [0.15, 0.2) is 0 Å². The molecule has 1 aliphatic rings. The van der Waals surface area contributed by atoms with Crippen LogP contribution in [0.5, 0.6) is 0 Å². The second-order valence-corrected chi connectivity index (χ2v) is 9.25. The van der Waals surface area contributed by atoms with Crippen molar-refractivity contribution in [3.05, 3.63) is 78.1 Å². The number of amides is 1. The quantitative estimate of drug-likeness (QED) is 0.484. The third-order valence-corrected chi connectivity index (χ3v) is 6.61. The molecular weight excluding hydrogens is 422 g/mol. The van der Waals surface area contributed by atoms with Gasteiger partial charge in [0.2, 0.25) is 0 Å². The van der Waals surface area contributed by atoms with Crippen LogP contribution in [0.3, 0.4) is 0 Å². The molecule has 1 saturated heterocycles. The first-order chi connectivity index (χ1) is 16.5. The lowest BCUT2D eigenvalue weighted by molar-refractivity contribution is 0.0742. The average molecular weight is 458 g/mol. The minimum absolute atomic E-state index is 0.0311. The monoisotopic (exact) mass is 457 g/mol. The van der Waals surface area contributed by atoms with Crippen LogP contribution >= 0.6 is 0 Å². The third-order valence-electron chi connectivity index (χ3n) is 6.61. The molecule has 6 heteroatoms. The molecule has 1 aromatic heterocycles. The fraction of sp³-hybridized carbons (Fsp3) is 0.357. The van der Waals surface area contributed by atoms with Crippen molar-refractivity contribution < 1.29 is 4.79 Å². The number of nitrogen functional groups attached to an aromatic ring is 1. The first kappa shape index (κ1) is 23.8. The smallest absolute Gasteiger partial charge is 0.255 e. The molecule has 178 valence electrons. The summed E-state index contributed by atoms with van der Waals surface area (Å²) in [5.41, 5.74) is 18.0. The second-order valence-electron chi connectivity index (χ2n) is 9.25. The van der Waals surface area contributed by atoms with Gasteiger partial charge in [-0.3, -0.25) is 9.78 Å². The Balaban J connectivity index is 1.52. The highest BCUT2D eigenvalue weighted by molar-refractivity contribution is 5.93. The SMILES string of the molecule is CC1CCN(c2ccc(-c3cccc(CN(CCCN)C(=O)c4cccnc4)c3)cc2N)CC1. The Morgan fingerprint density at radius 1 is 1.09 bits per heavy atom. The van der Waals surface area contributed by atoms with E-state index in [-0.39, 0.29) is 5.91 Å². The minimum atomic E-state index is -0.0311. The standard InChI is InChI=1S/C28H35N5O/c1-21-10-15-32(16-11-21)27-9-8-24(18-26(27)30)23-6-2-5-22(17-23)20-33(14-4-12-29)28(34)25-7-3-13-31-19-25/h2-3,5-9,13,17-19,21H,4,10-12,14-16,20,29-30H2,1H3. The number of aromatic nitrogens is 1. The number of nitrogens with two attached hydrogens (primary N) is 2. The van der Waals surface area contributed by atoms with Crippen molar-refractivity contribution >= 4 is 17.3 Å². The second kappa shape index (κ2) is 11.2. The number of piperidine rings is 1. The molecule has 4 rings (SSSR count). The summed E-state index contributed by atoms with van der Waals surface area (Å²) >= 11 is 0. The number of benzene rings is 2. The van der Waals surface area contributed by atoms with E-state index in [0.29, 0.717) is 25.2 Å². The van der Waals surface area contributed by atoms with Crippen LogP contribution < -0.4 is 16.4 Å². The first-order valence-corrected chi connectivity index (χ1v) is 12.2. The van der Waals surface area contributed by atoms with Gasteiger partial charge in [0.1, 0.15) is 0 Å². The van der Waals surface area contributed by atoms with Crippen LogP contribution in [0.15, 0.2) is 67.0 Å². The molecule has 6 nitrogen and oxygen atoms in total. The first-order valence-electron chi connectivity index (χ1n) is 12.2. The highest BCUT2D eigenvalue weighted by atomic mass is 16.2. The van der Waals surface area contributed by atoms with Crippen LogP contribution in [0.2, 0.25) is 0 Å². The molecule has 1 fully saturated rings. The summed E-state index contributed by atoms with van der Waals surface area (Å²) in [6.45, 7) is 6.09. The maximum atomic E-state index is 13.1. The number of pyridine rings is 1. The molecule has 0 saturated carbocycles. The fourth-order valence-electron chi connectivity index (χ4n) is 4.55. The molecule has 2 heterocycles. The van der Waals surface area contributed by atoms with E-state index in [0.717, 1.165) is 53.5 Å². The molecule has 0 atom stereocenters. The lowest BCUT2D eigenvalue weighted by Crippen LogP contribution is -2.33. The van der Waals surface area contributed by atoms with Crippen LogP contribution in [0.25, 0.3) is 11.1 Å². The molecule has 34 heavy (non-hydrogen) atoms. The molecule has 0 radical (unpaired) electrons. The summed E-state index contributed by atoms with van der Waals surface area (Å²) in [6.07, 6.45) is 6.46. The van der Waals surface area contributed by atoms with Crippen LogP contribution in [0.4, 0.5) is 11.4 Å². The maximum Gasteiger partial charge on any atom is 0.255 e. The molecule has 0 aliphatic carbocycles. The number of anilines is 2. The summed E-state index contributed by atoms with van der Waals surface area (Å²) in [5.74, 6) is 0.755. The lowest BCUT2D eigenvalue weighted by Gasteiger charge is -2.33. The van der Waals surface area contributed by atoms with Crippen LogP contribution in [-0.2, 0) is 6.54 Å². The molecular formula is C28H35N5O. The van der Waals surface area contributed by atoms with Crippen molar-refractivity contribution in [2.24, 2.45) is 11.7 Å². The minimum Gasteiger partial charge on any atom is -0.397 e. The summed E-state index contributed by atoms with van der Waals surface area (Å²) in [6, 6.07) is 18.3. The third kappa shape index (κ3) is 5.75. The number of hydrogen-bond acceptors (Lipinski definition) is 5. The zero-order valence-electron chi connectivity index (χ0n) is 20.0. The highest BCUT2D eigenvalue weighted by Gasteiger charge is 2.19. The van der Waals surface area contributed by atoms with Crippen molar-refractivity contribution in [2.45, 2.75) is 32.7 Å². The summed E-state index contributed by atoms with van der Waals surface area (Å²) in [4.78, 5) is 21.4. The molecule has 1 amide bonds. The zero-order valence-corrected chi connectivity index (χ0v) is 20.0. The van der Waals surface area contributed by atoms with Crippen molar-refractivity contribution in [3.63, 3.8) is 0 Å². The van der Waals surface area contributed by atoms with Gasteiger partial charge in [-0.05, 0) is 78.7 Å². The fourth-order valence-corrected chi connectivity index (χ4v) is 4.55. The van der Waals surface area contributed by atoms with Gasteiger partial charge < -0.3 is 21.3 Å². The number of carbonyl (C=O) groups excluding carboxylic acids is 1. The van der Waals surface area contributed by atoms with E-state index in [4.69, 9.17) is 11.5 Å². The Kier molecular flexibility index (Phi) is 7.80. The van der Waals surface area contributed by atoms with E-state index in [9.17, 15) is 4.79 Å². The van der Waals surface area contributed by atoms with Crippen LogP contribution in [0, 0.1) is 5.92 Å². The Hall–Kier alpha value is -3.38. The largest absolute Gasteiger partial charge is 0.397 e. The van der Waals surface area contributed by atoms with E-state index in [1.54, 1.807) is 24.5 Å². The van der Waals surface area contributed by atoms with Gasteiger partial charge in [-0.2, -0.15) is 0 Å². The average Bonchev–Trinajstić information content (AvgIpc) is 2.87. The molecule has 2 aromatic carbocycles. The highest BCUT2D eigenvalue weighted by Crippen LogP contribution is 2.32. The molecule has 3 aromatic rings. The molecule has 0 bridgehead atoms. The zero-order chi connectivity index (χ0) is 23.9. The molecule has 1 aliphatic heterocycles. The van der Waals surface area contributed by atoms with Gasteiger partial charge in [-0.25, -0.2) is 0 Å². The van der Waals surface area contributed by atoms with Crippen molar-refractivity contribution in [2.75, 3.05) is 36.8 Å². The summed E-state index contributed by atoms with van der Waals surface area (Å²) in [5, 5.41) is 0. The lowest BCUT2D eigenvalue weighted by atomic mass is 9.97. The predicted molar refractivity (Wildman–Crippen MR) is 140 cm³/mol. The van der Waals surface area contributed by atoms with Crippen molar-refractivity contribution in [1.29, 1.82) is 0 Å². The van der Waals surface area contributed by atoms with Gasteiger partial charge in [-0.1, -0.05) is 31.2 Å². The van der Waals surface area contributed by atoms with Crippen molar-refractivity contribution in [3.8, 4) is 11.1 Å². The van der Waals surface area contributed by atoms with Gasteiger partial charge in [0, 0.05) is 38.6 Å². The van der Waals surface area contributed by atoms with Crippen LogP contribution in [-0.4, -0.2) is 42.0 Å². The van der Waals surface area contributed by atoms with E-state index in [1.807, 2.05) is 11.0 Å². The molecule has 4 N–H and O–H groups in total. The van der Waals surface area contributed by atoms with E-state index in [1.165, 1.54) is 12.8 Å². The van der Waals surface area contributed by atoms with Gasteiger partial charge >= 0.3 is 0 Å². The molecule has 0 spiro atoms. The Labute approximate surface area is 202 Å². The van der Waals surface area contributed by atoms with Crippen LogP contribution in [0.1, 0.15) is 42.1 Å². The predicted octanol–water partition coefficient (Wildman–Crippen LogP) is 4.56. The van der Waals surface area contributed by atoms with Gasteiger partial charge in [0.05, 0.1) is 16.9 Å². The Bertz CT molecular complexity index is 1090. The van der Waals surface area contributed by atoms with Gasteiger partial charge in [-0.15, -0.1) is 0 Å². The summed E-state index contributed by atoms with van der Waals surface area (Å²) < 4.78 is 0. The Morgan fingerprint density at radius 3 is 2.59 bits per heavy atom. The number of nitrogens with zero attached hydrogens (tertiary/aromatic N) is 3. The normalized spacial score (nSPS) is 14.2. The van der Waals surface area contributed by atoms with E-state index in [2.05, 4.69) is 53.2 Å². The van der Waals surface area contributed by atoms with Gasteiger partial charge in [0.25, 0.3) is 5.91 Å². The van der Waals surface area contributed by atoms with E-state index < -0.39 is 0 Å². The number of carbonyl (C=O) groups is 1. The van der Waals surface area contributed by atoms with Crippen molar-refractivity contribution in [1.82, 2.24) is 9.88 Å². The molecule has 0 unspecified atom stereocenters. The number of hydrogen-bond donors (Lipinski definition) is 2. The topological polar surface area (TPSA) is 88.5 Å².